The van der Waals surface area contributed by atoms with E-state index in [4.69, 9.17) is 14.9 Å². The molecule has 3 N–H and O–H groups in total. The predicted octanol–water partition coefficient (Wildman–Crippen LogP) is 3.93. The van der Waals surface area contributed by atoms with Crippen molar-refractivity contribution >= 4 is 17.3 Å². The van der Waals surface area contributed by atoms with Crippen molar-refractivity contribution in [2.24, 2.45) is 0 Å². The van der Waals surface area contributed by atoms with Crippen molar-refractivity contribution in [1.29, 1.82) is 0 Å². The van der Waals surface area contributed by atoms with Gasteiger partial charge in [-0.05, 0) is 48.5 Å². The molecule has 3 rings (SSSR count). The Bertz CT molecular complexity index is 872. The van der Waals surface area contributed by atoms with Crippen LogP contribution in [0, 0.1) is 5.82 Å². The summed E-state index contributed by atoms with van der Waals surface area (Å²) in [5.74, 6) is 0.302. The number of furan rings is 1. The number of carbonyl (C=O) groups excluding carboxylic acids is 1. The molecule has 0 spiro atoms. The van der Waals surface area contributed by atoms with E-state index in [9.17, 15) is 9.18 Å². The number of carbonyl (C=O) groups is 1. The number of rotatable bonds is 4. The Kier molecular flexibility index (Phi) is 4.20. The lowest BCUT2D eigenvalue weighted by Crippen LogP contribution is -2.11. The van der Waals surface area contributed by atoms with Gasteiger partial charge in [-0.15, -0.1) is 0 Å². The van der Waals surface area contributed by atoms with Crippen LogP contribution in [0.3, 0.4) is 0 Å². The van der Waals surface area contributed by atoms with E-state index in [-0.39, 0.29) is 11.6 Å². The first-order chi connectivity index (χ1) is 11.6. The molecule has 122 valence electrons. The molecule has 0 aliphatic carbocycles. The molecular formula is C18H15FN2O3. The third kappa shape index (κ3) is 3.22. The van der Waals surface area contributed by atoms with Crippen molar-refractivity contribution in [3.8, 4) is 17.1 Å². The van der Waals surface area contributed by atoms with Crippen LogP contribution in [0.15, 0.2) is 59.0 Å². The lowest BCUT2D eigenvalue weighted by atomic mass is 10.2. The monoisotopic (exact) mass is 326 g/mol. The van der Waals surface area contributed by atoms with Gasteiger partial charge in [0, 0.05) is 17.3 Å². The molecule has 0 saturated carbocycles. The molecule has 3 aromatic rings. The van der Waals surface area contributed by atoms with Crippen LogP contribution in [0.4, 0.5) is 15.8 Å². The maximum atomic E-state index is 13.0. The van der Waals surface area contributed by atoms with Gasteiger partial charge in [0.1, 0.15) is 17.3 Å². The quantitative estimate of drug-likeness (QED) is 0.712. The summed E-state index contributed by atoms with van der Waals surface area (Å²) in [6, 6.07) is 14.0. The Hall–Kier alpha value is -3.28. The summed E-state index contributed by atoms with van der Waals surface area (Å²) >= 11 is 0. The number of benzene rings is 2. The molecule has 0 unspecified atom stereocenters. The van der Waals surface area contributed by atoms with Gasteiger partial charge in [0.15, 0.2) is 5.76 Å². The smallest absolute Gasteiger partial charge is 0.291 e. The van der Waals surface area contributed by atoms with Gasteiger partial charge in [-0.2, -0.15) is 0 Å². The minimum absolute atomic E-state index is 0.133. The number of nitrogen functional groups attached to an aromatic ring is 1. The topological polar surface area (TPSA) is 77.5 Å². The molecule has 1 aromatic heterocycles. The molecule has 0 aliphatic heterocycles. The fourth-order valence-corrected chi connectivity index (χ4v) is 2.22. The summed E-state index contributed by atoms with van der Waals surface area (Å²) in [6.45, 7) is 0. The molecular weight excluding hydrogens is 311 g/mol. The van der Waals surface area contributed by atoms with Crippen LogP contribution in [-0.2, 0) is 0 Å². The third-order valence-corrected chi connectivity index (χ3v) is 3.43. The third-order valence-electron chi connectivity index (χ3n) is 3.43. The van der Waals surface area contributed by atoms with Crippen LogP contribution in [0.5, 0.6) is 5.75 Å². The molecule has 1 heterocycles. The normalized spacial score (nSPS) is 10.4. The van der Waals surface area contributed by atoms with Crippen LogP contribution >= 0.6 is 0 Å². The number of halogens is 1. The molecule has 5 nitrogen and oxygen atoms in total. The van der Waals surface area contributed by atoms with E-state index in [0.29, 0.717) is 28.4 Å². The first kappa shape index (κ1) is 15.6. The van der Waals surface area contributed by atoms with Crippen molar-refractivity contribution in [3.63, 3.8) is 0 Å². The predicted molar refractivity (Wildman–Crippen MR) is 89.5 cm³/mol. The van der Waals surface area contributed by atoms with E-state index in [0.717, 1.165) is 0 Å². The van der Waals surface area contributed by atoms with Crippen LogP contribution in [0.1, 0.15) is 10.6 Å². The maximum Gasteiger partial charge on any atom is 0.291 e. The lowest BCUT2D eigenvalue weighted by Gasteiger charge is -2.09. The average molecular weight is 326 g/mol. The highest BCUT2D eigenvalue weighted by Crippen LogP contribution is 2.28. The summed E-state index contributed by atoms with van der Waals surface area (Å²) in [5.41, 5.74) is 7.38. The second-order valence-electron chi connectivity index (χ2n) is 5.08. The van der Waals surface area contributed by atoms with Gasteiger partial charge in [-0.3, -0.25) is 4.79 Å². The van der Waals surface area contributed by atoms with Gasteiger partial charge < -0.3 is 20.2 Å². The summed E-state index contributed by atoms with van der Waals surface area (Å²) < 4.78 is 23.7. The van der Waals surface area contributed by atoms with E-state index in [1.165, 1.54) is 19.2 Å². The van der Waals surface area contributed by atoms with E-state index >= 15 is 0 Å². The number of hydrogen-bond donors (Lipinski definition) is 2. The fraction of sp³-hybridized carbons (Fsp3) is 0.0556. The molecule has 0 atom stereocenters. The zero-order valence-electron chi connectivity index (χ0n) is 12.9. The number of anilines is 2. The van der Waals surface area contributed by atoms with Gasteiger partial charge in [-0.25, -0.2) is 4.39 Å². The number of nitrogens with two attached hydrogens (primary N) is 1. The number of amides is 1. The number of hydrogen-bond acceptors (Lipinski definition) is 4. The SMILES string of the molecule is COc1cc(N)ccc1NC(=O)c1ccc(-c2ccc(F)cc2)o1. The van der Waals surface area contributed by atoms with Crippen LogP contribution < -0.4 is 15.8 Å². The fourth-order valence-electron chi connectivity index (χ4n) is 2.22. The van der Waals surface area contributed by atoms with E-state index in [1.54, 1.807) is 42.5 Å². The Labute approximate surface area is 137 Å². The highest BCUT2D eigenvalue weighted by molar-refractivity contribution is 6.03. The van der Waals surface area contributed by atoms with Crippen molar-refractivity contribution in [2.75, 3.05) is 18.2 Å². The lowest BCUT2D eigenvalue weighted by molar-refractivity contribution is 0.0997. The van der Waals surface area contributed by atoms with E-state index < -0.39 is 5.91 Å². The molecule has 0 radical (unpaired) electrons. The van der Waals surface area contributed by atoms with Crippen molar-refractivity contribution in [1.82, 2.24) is 0 Å². The second-order valence-corrected chi connectivity index (χ2v) is 5.08. The Morgan fingerprint density at radius 3 is 2.58 bits per heavy atom. The van der Waals surface area contributed by atoms with E-state index in [2.05, 4.69) is 5.32 Å². The highest BCUT2D eigenvalue weighted by Gasteiger charge is 2.14. The maximum absolute atomic E-state index is 13.0. The molecule has 0 bridgehead atoms. The summed E-state index contributed by atoms with van der Waals surface area (Å²) in [7, 11) is 1.49. The van der Waals surface area contributed by atoms with Crippen LogP contribution in [0.25, 0.3) is 11.3 Å². The van der Waals surface area contributed by atoms with Crippen LogP contribution in [0.2, 0.25) is 0 Å². The van der Waals surface area contributed by atoms with Crippen molar-refractivity contribution in [3.05, 3.63) is 66.2 Å². The van der Waals surface area contributed by atoms with Crippen molar-refractivity contribution < 1.29 is 18.3 Å². The number of methoxy groups -OCH3 is 1. The Morgan fingerprint density at radius 1 is 1.12 bits per heavy atom. The summed E-state index contributed by atoms with van der Waals surface area (Å²) in [4.78, 5) is 12.3. The molecule has 0 fully saturated rings. The first-order valence-electron chi connectivity index (χ1n) is 7.17. The number of ether oxygens (including phenoxy) is 1. The van der Waals surface area contributed by atoms with Gasteiger partial charge in [0.05, 0.1) is 12.8 Å². The largest absolute Gasteiger partial charge is 0.494 e. The zero-order chi connectivity index (χ0) is 17.1. The van der Waals surface area contributed by atoms with Gasteiger partial charge in [-0.1, -0.05) is 0 Å². The molecule has 0 saturated heterocycles. The summed E-state index contributed by atoms with van der Waals surface area (Å²) in [6.07, 6.45) is 0. The minimum Gasteiger partial charge on any atom is -0.494 e. The van der Waals surface area contributed by atoms with Gasteiger partial charge >= 0.3 is 0 Å². The average Bonchev–Trinajstić information content (AvgIpc) is 3.07. The zero-order valence-corrected chi connectivity index (χ0v) is 12.9. The standard InChI is InChI=1S/C18H15FN2O3/c1-23-17-10-13(20)6-7-14(17)21-18(22)16-9-8-15(24-16)11-2-4-12(19)5-3-11/h2-10H,20H2,1H3,(H,21,22). The number of nitrogens with one attached hydrogen (secondary N) is 1. The molecule has 1 amide bonds. The molecule has 24 heavy (non-hydrogen) atoms. The van der Waals surface area contributed by atoms with Crippen molar-refractivity contribution in [2.45, 2.75) is 0 Å². The van der Waals surface area contributed by atoms with Crippen LogP contribution in [-0.4, -0.2) is 13.0 Å². The van der Waals surface area contributed by atoms with Gasteiger partial charge in [0.2, 0.25) is 0 Å². The molecule has 0 aliphatic rings. The van der Waals surface area contributed by atoms with E-state index in [1.807, 2.05) is 0 Å². The Morgan fingerprint density at radius 2 is 1.88 bits per heavy atom. The summed E-state index contributed by atoms with van der Waals surface area (Å²) in [5, 5.41) is 2.71. The minimum atomic E-state index is -0.425. The van der Waals surface area contributed by atoms with Gasteiger partial charge in [0.25, 0.3) is 5.91 Å². The first-order valence-corrected chi connectivity index (χ1v) is 7.17. The highest BCUT2D eigenvalue weighted by atomic mass is 19.1. The molecule has 2 aromatic carbocycles. The Balaban J connectivity index is 1.80. The second kappa shape index (κ2) is 6.45. The molecule has 6 heteroatoms.